The zero-order valence-electron chi connectivity index (χ0n) is 13.9. The van der Waals surface area contributed by atoms with Crippen molar-refractivity contribution in [1.29, 1.82) is 5.26 Å². The van der Waals surface area contributed by atoms with Gasteiger partial charge in [-0.25, -0.2) is 4.98 Å². The maximum absolute atomic E-state index is 12.2. The van der Waals surface area contributed by atoms with E-state index in [1.165, 1.54) is 0 Å². The van der Waals surface area contributed by atoms with E-state index >= 15 is 0 Å². The molecule has 5 nitrogen and oxygen atoms in total. The first-order valence-corrected chi connectivity index (χ1v) is 7.87. The van der Waals surface area contributed by atoms with Crippen molar-refractivity contribution in [3.63, 3.8) is 0 Å². The molecule has 0 fully saturated rings. The molecule has 0 atom stereocenters. The Morgan fingerprint density at radius 2 is 1.92 bits per heavy atom. The second kappa shape index (κ2) is 8.49. The van der Waals surface area contributed by atoms with E-state index in [2.05, 4.69) is 29.0 Å². The maximum Gasteiger partial charge on any atom is 0.267 e. The molecule has 0 aliphatic heterocycles. The fourth-order valence-electron chi connectivity index (χ4n) is 2.31. The zero-order chi connectivity index (χ0) is 17.4. The van der Waals surface area contributed by atoms with Gasteiger partial charge < -0.3 is 10.2 Å². The number of nitrogens with zero attached hydrogens (tertiary/aromatic N) is 3. The van der Waals surface area contributed by atoms with Crippen LogP contribution in [0.25, 0.3) is 6.08 Å². The standard InChI is InChI=1S/C19H20N4O/c1-3-23(4-2)17-10-8-15(9-11-17)13-16(14-20)19(24)22-18-7-5-6-12-21-18/h5-13H,3-4H2,1-2H3,(H,21,22,24). The Kier molecular flexibility index (Phi) is 6.09. The van der Waals surface area contributed by atoms with E-state index in [-0.39, 0.29) is 5.57 Å². The maximum atomic E-state index is 12.2. The van der Waals surface area contributed by atoms with Crippen LogP contribution in [0.15, 0.2) is 54.2 Å². The van der Waals surface area contributed by atoms with Gasteiger partial charge in [0.05, 0.1) is 0 Å². The average Bonchev–Trinajstić information content (AvgIpc) is 2.62. The van der Waals surface area contributed by atoms with Crippen LogP contribution in [0.5, 0.6) is 0 Å². The second-order valence-corrected chi connectivity index (χ2v) is 5.10. The lowest BCUT2D eigenvalue weighted by Crippen LogP contribution is -2.21. The fourth-order valence-corrected chi connectivity index (χ4v) is 2.31. The minimum absolute atomic E-state index is 0.0382. The van der Waals surface area contributed by atoms with Crippen LogP contribution < -0.4 is 10.2 Å². The number of amides is 1. The molecule has 1 heterocycles. The first kappa shape index (κ1) is 17.2. The average molecular weight is 320 g/mol. The Balaban J connectivity index is 2.15. The molecule has 0 saturated heterocycles. The molecule has 1 amide bonds. The van der Waals surface area contributed by atoms with Gasteiger partial charge >= 0.3 is 0 Å². The summed E-state index contributed by atoms with van der Waals surface area (Å²) in [6.07, 6.45) is 3.15. The number of benzene rings is 1. The highest BCUT2D eigenvalue weighted by atomic mass is 16.1. The largest absolute Gasteiger partial charge is 0.372 e. The molecular weight excluding hydrogens is 300 g/mol. The zero-order valence-corrected chi connectivity index (χ0v) is 13.9. The number of hydrogen-bond acceptors (Lipinski definition) is 4. The minimum atomic E-state index is -0.469. The number of hydrogen-bond donors (Lipinski definition) is 1. The third-order valence-electron chi connectivity index (χ3n) is 3.60. The highest BCUT2D eigenvalue weighted by Crippen LogP contribution is 2.17. The third-order valence-corrected chi connectivity index (χ3v) is 3.60. The van der Waals surface area contributed by atoms with Crippen LogP contribution >= 0.6 is 0 Å². The van der Waals surface area contributed by atoms with Gasteiger partial charge in [0.25, 0.3) is 5.91 Å². The summed E-state index contributed by atoms with van der Waals surface area (Å²) >= 11 is 0. The molecule has 2 aromatic rings. The first-order chi connectivity index (χ1) is 11.7. The lowest BCUT2D eigenvalue weighted by atomic mass is 10.1. The third kappa shape index (κ3) is 4.43. The molecule has 0 radical (unpaired) electrons. The summed E-state index contributed by atoms with van der Waals surface area (Å²) in [5.41, 5.74) is 1.96. The molecule has 0 aliphatic carbocycles. The van der Waals surface area contributed by atoms with E-state index in [4.69, 9.17) is 0 Å². The van der Waals surface area contributed by atoms with Gasteiger partial charge in [0.2, 0.25) is 0 Å². The molecular formula is C19H20N4O. The van der Waals surface area contributed by atoms with Crippen LogP contribution in [0, 0.1) is 11.3 Å². The lowest BCUT2D eigenvalue weighted by Gasteiger charge is -2.20. The van der Waals surface area contributed by atoms with Crippen molar-refractivity contribution < 1.29 is 4.79 Å². The number of carbonyl (C=O) groups excluding carboxylic acids is 1. The number of nitrogens with one attached hydrogen (secondary N) is 1. The van der Waals surface area contributed by atoms with Crippen LogP contribution in [0.1, 0.15) is 19.4 Å². The minimum Gasteiger partial charge on any atom is -0.372 e. The van der Waals surface area contributed by atoms with E-state index in [1.54, 1.807) is 30.5 Å². The summed E-state index contributed by atoms with van der Waals surface area (Å²) < 4.78 is 0. The predicted molar refractivity (Wildman–Crippen MR) is 96.5 cm³/mol. The van der Waals surface area contributed by atoms with E-state index in [0.29, 0.717) is 5.82 Å². The van der Waals surface area contributed by atoms with E-state index in [9.17, 15) is 10.1 Å². The van der Waals surface area contributed by atoms with E-state index < -0.39 is 5.91 Å². The lowest BCUT2D eigenvalue weighted by molar-refractivity contribution is -0.112. The Hall–Kier alpha value is -3.13. The monoisotopic (exact) mass is 320 g/mol. The molecule has 24 heavy (non-hydrogen) atoms. The Morgan fingerprint density at radius 3 is 2.46 bits per heavy atom. The van der Waals surface area contributed by atoms with Crippen molar-refractivity contribution in [3.05, 3.63) is 59.8 Å². The molecule has 5 heteroatoms. The highest BCUT2D eigenvalue weighted by Gasteiger charge is 2.10. The fraction of sp³-hybridized carbons (Fsp3) is 0.211. The van der Waals surface area contributed by atoms with E-state index in [1.807, 2.05) is 30.3 Å². The van der Waals surface area contributed by atoms with Gasteiger partial charge in [0, 0.05) is 25.0 Å². The van der Waals surface area contributed by atoms with Gasteiger partial charge in [-0.05, 0) is 49.8 Å². The molecule has 1 N–H and O–H groups in total. The molecule has 122 valence electrons. The molecule has 0 spiro atoms. The summed E-state index contributed by atoms with van der Waals surface area (Å²) in [5, 5.41) is 11.9. The van der Waals surface area contributed by atoms with Crippen LogP contribution in [-0.2, 0) is 4.79 Å². The SMILES string of the molecule is CCN(CC)c1ccc(C=C(C#N)C(=O)Nc2ccccn2)cc1. The number of carbonyl (C=O) groups is 1. The Bertz CT molecular complexity index is 741. The van der Waals surface area contributed by atoms with Crippen molar-refractivity contribution >= 4 is 23.5 Å². The van der Waals surface area contributed by atoms with Gasteiger partial charge in [-0.2, -0.15) is 5.26 Å². The number of nitriles is 1. The van der Waals surface area contributed by atoms with Crippen LogP contribution in [0.2, 0.25) is 0 Å². The summed E-state index contributed by atoms with van der Waals surface area (Å²) in [4.78, 5) is 18.4. The van der Waals surface area contributed by atoms with E-state index in [0.717, 1.165) is 24.3 Å². The number of aromatic nitrogens is 1. The second-order valence-electron chi connectivity index (χ2n) is 5.10. The normalized spacial score (nSPS) is 10.8. The van der Waals surface area contributed by atoms with Crippen molar-refractivity contribution in [2.75, 3.05) is 23.3 Å². The summed E-state index contributed by atoms with van der Waals surface area (Å²) in [6, 6.07) is 14.9. The first-order valence-electron chi connectivity index (χ1n) is 7.87. The quantitative estimate of drug-likeness (QED) is 0.653. The molecule has 0 aliphatic rings. The molecule has 1 aromatic heterocycles. The Labute approximate surface area is 142 Å². The highest BCUT2D eigenvalue weighted by molar-refractivity contribution is 6.09. The van der Waals surface area contributed by atoms with Crippen molar-refractivity contribution in [2.45, 2.75) is 13.8 Å². The van der Waals surface area contributed by atoms with Gasteiger partial charge in [0.1, 0.15) is 17.5 Å². The van der Waals surface area contributed by atoms with Crippen LogP contribution in [0.3, 0.4) is 0 Å². The molecule has 2 rings (SSSR count). The molecule has 0 bridgehead atoms. The number of anilines is 2. The summed E-state index contributed by atoms with van der Waals surface area (Å²) in [7, 11) is 0. The number of rotatable bonds is 6. The topological polar surface area (TPSA) is 69.0 Å². The Morgan fingerprint density at radius 1 is 1.21 bits per heavy atom. The van der Waals surface area contributed by atoms with Gasteiger partial charge in [-0.3, -0.25) is 4.79 Å². The summed E-state index contributed by atoms with van der Waals surface area (Å²) in [6.45, 7) is 6.07. The number of pyridine rings is 1. The molecule has 0 unspecified atom stereocenters. The molecule has 0 saturated carbocycles. The van der Waals surface area contributed by atoms with Gasteiger partial charge in [-0.15, -0.1) is 0 Å². The van der Waals surface area contributed by atoms with Crippen LogP contribution in [-0.4, -0.2) is 24.0 Å². The predicted octanol–water partition coefficient (Wildman–Crippen LogP) is 3.47. The van der Waals surface area contributed by atoms with Gasteiger partial charge in [-0.1, -0.05) is 18.2 Å². The van der Waals surface area contributed by atoms with Crippen molar-refractivity contribution in [2.24, 2.45) is 0 Å². The van der Waals surface area contributed by atoms with Crippen molar-refractivity contribution in [1.82, 2.24) is 4.98 Å². The van der Waals surface area contributed by atoms with Gasteiger partial charge in [0.15, 0.2) is 0 Å². The van der Waals surface area contributed by atoms with Crippen molar-refractivity contribution in [3.8, 4) is 6.07 Å². The molecule has 1 aromatic carbocycles. The summed E-state index contributed by atoms with van der Waals surface area (Å²) in [5.74, 6) is -0.0513. The van der Waals surface area contributed by atoms with Crippen LogP contribution in [0.4, 0.5) is 11.5 Å². The smallest absolute Gasteiger partial charge is 0.267 e.